The Balaban J connectivity index is 1.74. The van der Waals surface area contributed by atoms with Gasteiger partial charge >= 0.3 is 12.1 Å². The van der Waals surface area contributed by atoms with Crippen LogP contribution in [0, 0.1) is 0 Å². The van der Waals surface area contributed by atoms with E-state index in [2.05, 4.69) is 10.6 Å². The fraction of sp³-hybridized carbons (Fsp3) is 0.550. The summed E-state index contributed by atoms with van der Waals surface area (Å²) >= 11 is 0. The molecule has 0 unspecified atom stereocenters. The molecule has 1 aromatic rings. The molecule has 1 aliphatic rings. The molecule has 2 N–H and O–H groups in total. The molecule has 0 radical (unpaired) electrons. The van der Waals surface area contributed by atoms with Gasteiger partial charge in [0.05, 0.1) is 5.56 Å². The summed E-state index contributed by atoms with van der Waals surface area (Å²) in [5.74, 6) is -0.823. The molecule has 0 spiro atoms. The van der Waals surface area contributed by atoms with Crippen molar-refractivity contribution >= 4 is 18.0 Å². The molecule has 0 atom stereocenters. The van der Waals surface area contributed by atoms with Crippen LogP contribution in [-0.2, 0) is 20.8 Å². The van der Waals surface area contributed by atoms with Crippen LogP contribution in [0.3, 0.4) is 0 Å². The van der Waals surface area contributed by atoms with Crippen LogP contribution >= 0.6 is 0 Å². The van der Waals surface area contributed by atoms with Gasteiger partial charge in [-0.05, 0) is 51.3 Å². The van der Waals surface area contributed by atoms with E-state index in [-0.39, 0.29) is 25.1 Å². The van der Waals surface area contributed by atoms with Crippen molar-refractivity contribution in [2.45, 2.75) is 64.6 Å². The second kappa shape index (κ2) is 9.39. The van der Waals surface area contributed by atoms with Gasteiger partial charge in [0.1, 0.15) is 5.60 Å². The lowest BCUT2D eigenvalue weighted by molar-refractivity contribution is -0.124. The normalized spacial score (nSPS) is 14.5. The Labute approximate surface area is 159 Å². The van der Waals surface area contributed by atoms with E-state index in [0.29, 0.717) is 5.56 Å². The Morgan fingerprint density at radius 2 is 1.70 bits per heavy atom. The van der Waals surface area contributed by atoms with Gasteiger partial charge in [-0.15, -0.1) is 0 Å². The second-order valence-corrected chi connectivity index (χ2v) is 7.68. The molecule has 0 saturated heterocycles. The minimum Gasteiger partial charge on any atom is -0.452 e. The van der Waals surface area contributed by atoms with Gasteiger partial charge < -0.3 is 20.1 Å². The highest BCUT2D eigenvalue weighted by Gasteiger charge is 2.18. The van der Waals surface area contributed by atoms with Crippen LogP contribution in [-0.4, -0.2) is 36.2 Å². The maximum atomic E-state index is 12.0. The molecule has 1 aliphatic carbocycles. The zero-order chi connectivity index (χ0) is 19.9. The molecule has 148 valence electrons. The van der Waals surface area contributed by atoms with Gasteiger partial charge in [0, 0.05) is 12.6 Å². The summed E-state index contributed by atoms with van der Waals surface area (Å²) < 4.78 is 10.2. The summed E-state index contributed by atoms with van der Waals surface area (Å²) in [5, 5.41) is 5.52. The van der Waals surface area contributed by atoms with Crippen LogP contribution in [0.25, 0.3) is 0 Å². The minimum atomic E-state index is -0.554. The number of carbonyl (C=O) groups excluding carboxylic acids is 3. The third-order valence-corrected chi connectivity index (χ3v) is 4.08. The van der Waals surface area contributed by atoms with Crippen LogP contribution < -0.4 is 10.6 Å². The van der Waals surface area contributed by atoms with E-state index in [0.717, 1.165) is 31.2 Å². The lowest BCUT2D eigenvalue weighted by Gasteiger charge is -2.19. The smallest absolute Gasteiger partial charge is 0.407 e. The number of hydrogen-bond donors (Lipinski definition) is 2. The predicted octanol–water partition coefficient (Wildman–Crippen LogP) is 2.93. The number of carbonyl (C=O) groups is 3. The molecule has 7 heteroatoms. The van der Waals surface area contributed by atoms with Gasteiger partial charge in [-0.1, -0.05) is 25.0 Å². The molecule has 0 aromatic heterocycles. The van der Waals surface area contributed by atoms with Crippen LogP contribution in [0.5, 0.6) is 0 Å². The van der Waals surface area contributed by atoms with Crippen LogP contribution in [0.2, 0.25) is 0 Å². The molecule has 0 heterocycles. The minimum absolute atomic E-state index is 0.202. The molecule has 0 aliphatic heterocycles. The number of amides is 2. The van der Waals surface area contributed by atoms with E-state index in [9.17, 15) is 14.4 Å². The number of esters is 1. The van der Waals surface area contributed by atoms with Gasteiger partial charge in [-0.2, -0.15) is 0 Å². The third kappa shape index (κ3) is 7.68. The third-order valence-electron chi connectivity index (χ3n) is 4.08. The summed E-state index contributed by atoms with van der Waals surface area (Å²) in [6.45, 7) is 5.38. The highest BCUT2D eigenvalue weighted by atomic mass is 16.6. The van der Waals surface area contributed by atoms with Gasteiger partial charge in [0.25, 0.3) is 5.91 Å². The number of alkyl carbamates (subject to hydrolysis) is 1. The Hall–Kier alpha value is -2.57. The van der Waals surface area contributed by atoms with Crippen molar-refractivity contribution in [1.29, 1.82) is 0 Å². The first-order valence-corrected chi connectivity index (χ1v) is 9.25. The van der Waals surface area contributed by atoms with E-state index in [1.54, 1.807) is 45.0 Å². The maximum Gasteiger partial charge on any atom is 0.407 e. The van der Waals surface area contributed by atoms with Gasteiger partial charge in [0.15, 0.2) is 6.61 Å². The number of hydrogen-bond acceptors (Lipinski definition) is 5. The zero-order valence-electron chi connectivity index (χ0n) is 16.2. The topological polar surface area (TPSA) is 93.7 Å². The number of nitrogens with one attached hydrogen (secondary N) is 2. The lowest BCUT2D eigenvalue weighted by Crippen LogP contribution is -2.35. The van der Waals surface area contributed by atoms with Gasteiger partial charge in [0.2, 0.25) is 0 Å². The van der Waals surface area contributed by atoms with E-state index in [1.165, 1.54) is 0 Å². The zero-order valence-corrected chi connectivity index (χ0v) is 16.2. The molecule has 2 rings (SSSR count). The predicted molar refractivity (Wildman–Crippen MR) is 100 cm³/mol. The molecule has 2 amide bonds. The highest BCUT2D eigenvalue weighted by Crippen LogP contribution is 2.17. The number of benzene rings is 1. The summed E-state index contributed by atoms with van der Waals surface area (Å²) in [7, 11) is 0. The van der Waals surface area contributed by atoms with Crippen LogP contribution in [0.15, 0.2) is 24.3 Å². The van der Waals surface area contributed by atoms with E-state index in [4.69, 9.17) is 9.47 Å². The van der Waals surface area contributed by atoms with Crippen molar-refractivity contribution in [3.05, 3.63) is 35.4 Å². The Morgan fingerprint density at radius 3 is 2.30 bits per heavy atom. The monoisotopic (exact) mass is 376 g/mol. The van der Waals surface area contributed by atoms with Crippen molar-refractivity contribution in [2.75, 3.05) is 6.61 Å². The van der Waals surface area contributed by atoms with Crippen molar-refractivity contribution in [3.8, 4) is 0 Å². The summed E-state index contributed by atoms with van der Waals surface area (Å²) in [4.78, 5) is 35.5. The average Bonchev–Trinajstić information content (AvgIpc) is 3.10. The standard InChI is InChI=1S/C20H28N2O5/c1-20(2,3)27-19(25)21-12-14-8-10-15(11-9-14)18(24)26-13-17(23)22-16-6-4-5-7-16/h8-11,16H,4-7,12-13H2,1-3H3,(H,21,25)(H,22,23). The second-order valence-electron chi connectivity index (χ2n) is 7.68. The Bertz CT molecular complexity index is 658. The lowest BCUT2D eigenvalue weighted by atomic mass is 10.1. The van der Waals surface area contributed by atoms with E-state index >= 15 is 0 Å². The first kappa shape index (κ1) is 20.7. The number of rotatable bonds is 6. The SMILES string of the molecule is CC(C)(C)OC(=O)NCc1ccc(C(=O)OCC(=O)NC2CCCC2)cc1. The quantitative estimate of drug-likeness (QED) is 0.745. The van der Waals surface area contributed by atoms with Crippen molar-refractivity contribution in [2.24, 2.45) is 0 Å². The Morgan fingerprint density at radius 1 is 1.07 bits per heavy atom. The molecule has 1 saturated carbocycles. The fourth-order valence-corrected chi connectivity index (χ4v) is 2.80. The van der Waals surface area contributed by atoms with Gasteiger partial charge in [-0.3, -0.25) is 4.79 Å². The molecule has 27 heavy (non-hydrogen) atoms. The number of ether oxygens (including phenoxy) is 2. The van der Waals surface area contributed by atoms with Crippen molar-refractivity contribution in [1.82, 2.24) is 10.6 Å². The van der Waals surface area contributed by atoms with Gasteiger partial charge in [-0.25, -0.2) is 9.59 Å². The van der Waals surface area contributed by atoms with E-state index in [1.807, 2.05) is 0 Å². The Kier molecular flexibility index (Phi) is 7.21. The maximum absolute atomic E-state index is 12.0. The molecular formula is C20H28N2O5. The molecular weight excluding hydrogens is 348 g/mol. The molecule has 1 aromatic carbocycles. The fourth-order valence-electron chi connectivity index (χ4n) is 2.80. The van der Waals surface area contributed by atoms with E-state index < -0.39 is 17.7 Å². The molecule has 0 bridgehead atoms. The largest absolute Gasteiger partial charge is 0.452 e. The van der Waals surface area contributed by atoms with Crippen molar-refractivity contribution in [3.63, 3.8) is 0 Å². The first-order chi connectivity index (χ1) is 12.7. The summed E-state index contributed by atoms with van der Waals surface area (Å²) in [5.41, 5.74) is 0.614. The summed E-state index contributed by atoms with van der Waals surface area (Å²) in [6.07, 6.45) is 3.72. The summed E-state index contributed by atoms with van der Waals surface area (Å²) in [6, 6.07) is 6.83. The van der Waals surface area contributed by atoms with Crippen LogP contribution in [0.1, 0.15) is 62.4 Å². The average molecular weight is 376 g/mol. The highest BCUT2D eigenvalue weighted by molar-refractivity contribution is 5.91. The molecule has 1 fully saturated rings. The van der Waals surface area contributed by atoms with Crippen molar-refractivity contribution < 1.29 is 23.9 Å². The van der Waals surface area contributed by atoms with Crippen LogP contribution in [0.4, 0.5) is 4.79 Å². The molecule has 7 nitrogen and oxygen atoms in total. The first-order valence-electron chi connectivity index (χ1n) is 9.25.